The second-order valence-corrected chi connectivity index (χ2v) is 5.43. The molecule has 0 bridgehead atoms. The molecule has 1 aliphatic rings. The normalized spacial score (nSPS) is 13.5. The molecule has 124 valence electrons. The average molecular weight is 329 g/mol. The van der Waals surface area contributed by atoms with Crippen LogP contribution in [0.15, 0.2) is 52.4 Å². The molecule has 3 rings (SSSR count). The molecule has 1 aliphatic heterocycles. The third-order valence-electron chi connectivity index (χ3n) is 3.79. The minimum absolute atomic E-state index is 0.00456. The molecule has 1 amide bonds. The van der Waals surface area contributed by atoms with Crippen LogP contribution in [0.3, 0.4) is 0 Å². The van der Waals surface area contributed by atoms with E-state index in [2.05, 4.69) is 6.58 Å². The zero-order chi connectivity index (χ0) is 17.1. The standard InChI is InChI=1S/C18H16FNO4/c1-2-9-23-15-11-24-14-7-8-20(18(22)16(14)17(15)21)10-12-3-5-13(19)6-4-12/h2-6,11H,1,7-10H2. The molecule has 0 unspecified atom stereocenters. The van der Waals surface area contributed by atoms with E-state index in [4.69, 9.17) is 9.15 Å². The first-order chi connectivity index (χ1) is 11.6. The Morgan fingerprint density at radius 1 is 1.29 bits per heavy atom. The Morgan fingerprint density at radius 2 is 2.04 bits per heavy atom. The predicted molar refractivity (Wildman–Crippen MR) is 85.5 cm³/mol. The molecule has 24 heavy (non-hydrogen) atoms. The van der Waals surface area contributed by atoms with E-state index in [-0.39, 0.29) is 23.7 Å². The van der Waals surface area contributed by atoms with Crippen LogP contribution < -0.4 is 10.2 Å². The van der Waals surface area contributed by atoms with Gasteiger partial charge in [0, 0.05) is 19.5 Å². The summed E-state index contributed by atoms with van der Waals surface area (Å²) in [5, 5.41) is 0. The Balaban J connectivity index is 1.87. The first kappa shape index (κ1) is 16.0. The van der Waals surface area contributed by atoms with Crippen LogP contribution in [0.1, 0.15) is 21.7 Å². The fourth-order valence-corrected chi connectivity index (χ4v) is 2.59. The number of carbonyl (C=O) groups is 1. The fourth-order valence-electron chi connectivity index (χ4n) is 2.59. The number of benzene rings is 1. The van der Waals surface area contributed by atoms with Crippen LogP contribution in [0, 0.1) is 5.82 Å². The fraction of sp³-hybridized carbons (Fsp3) is 0.222. The van der Waals surface area contributed by atoms with Gasteiger partial charge in [-0.2, -0.15) is 0 Å². The molecule has 0 saturated heterocycles. The molecule has 0 N–H and O–H groups in total. The van der Waals surface area contributed by atoms with Crippen molar-refractivity contribution in [3.05, 3.63) is 76.1 Å². The number of halogens is 1. The molecule has 0 aliphatic carbocycles. The molecule has 0 spiro atoms. The monoisotopic (exact) mass is 329 g/mol. The zero-order valence-corrected chi connectivity index (χ0v) is 13.0. The highest BCUT2D eigenvalue weighted by Crippen LogP contribution is 2.21. The Bertz CT molecular complexity index is 826. The largest absolute Gasteiger partial charge is 0.482 e. The van der Waals surface area contributed by atoms with E-state index < -0.39 is 11.3 Å². The Labute approximate surface area is 138 Å². The van der Waals surface area contributed by atoms with Gasteiger partial charge in [-0.1, -0.05) is 24.8 Å². The van der Waals surface area contributed by atoms with E-state index in [1.54, 1.807) is 17.0 Å². The molecule has 1 aromatic heterocycles. The zero-order valence-electron chi connectivity index (χ0n) is 13.0. The molecular formula is C18H16FNO4. The summed E-state index contributed by atoms with van der Waals surface area (Å²) in [6.45, 7) is 4.39. The summed E-state index contributed by atoms with van der Waals surface area (Å²) in [7, 11) is 0. The van der Waals surface area contributed by atoms with Crippen molar-refractivity contribution in [2.45, 2.75) is 13.0 Å². The number of hydrogen-bond acceptors (Lipinski definition) is 4. The number of nitrogens with zero attached hydrogens (tertiary/aromatic N) is 1. The number of hydrogen-bond donors (Lipinski definition) is 0. The molecule has 1 aromatic carbocycles. The maximum atomic E-state index is 13.0. The summed E-state index contributed by atoms with van der Waals surface area (Å²) in [6.07, 6.45) is 3.17. The van der Waals surface area contributed by atoms with Crippen LogP contribution in [0.25, 0.3) is 0 Å². The number of ether oxygens (including phenoxy) is 1. The Morgan fingerprint density at radius 3 is 2.75 bits per heavy atom. The van der Waals surface area contributed by atoms with Gasteiger partial charge in [0.15, 0.2) is 0 Å². The first-order valence-electron chi connectivity index (χ1n) is 7.52. The quantitative estimate of drug-likeness (QED) is 0.791. The SMILES string of the molecule is C=CCOc1coc2c(c1=O)C(=O)N(Cc1ccc(F)cc1)CC2. The summed E-state index contributed by atoms with van der Waals surface area (Å²) >= 11 is 0. The minimum Gasteiger partial charge on any atom is -0.482 e. The number of rotatable bonds is 5. The van der Waals surface area contributed by atoms with Crippen LogP contribution in [0.2, 0.25) is 0 Å². The average Bonchev–Trinajstić information content (AvgIpc) is 2.58. The van der Waals surface area contributed by atoms with Crippen molar-refractivity contribution >= 4 is 5.91 Å². The van der Waals surface area contributed by atoms with Crippen molar-refractivity contribution in [3.8, 4) is 5.75 Å². The summed E-state index contributed by atoms with van der Waals surface area (Å²) < 4.78 is 23.6. The Hall–Kier alpha value is -2.89. The number of amides is 1. The van der Waals surface area contributed by atoms with Gasteiger partial charge in [-0.15, -0.1) is 0 Å². The van der Waals surface area contributed by atoms with Gasteiger partial charge in [0.05, 0.1) is 0 Å². The van der Waals surface area contributed by atoms with Crippen molar-refractivity contribution < 1.29 is 18.3 Å². The van der Waals surface area contributed by atoms with Gasteiger partial charge in [0.1, 0.15) is 30.0 Å². The van der Waals surface area contributed by atoms with E-state index in [1.807, 2.05) is 0 Å². The van der Waals surface area contributed by atoms with Crippen molar-refractivity contribution in [2.24, 2.45) is 0 Å². The van der Waals surface area contributed by atoms with Crippen LogP contribution >= 0.6 is 0 Å². The molecule has 0 atom stereocenters. The number of carbonyl (C=O) groups excluding carboxylic acids is 1. The van der Waals surface area contributed by atoms with Crippen LogP contribution in [0.5, 0.6) is 5.75 Å². The molecular weight excluding hydrogens is 313 g/mol. The smallest absolute Gasteiger partial charge is 0.261 e. The van der Waals surface area contributed by atoms with Crippen LogP contribution in [0.4, 0.5) is 4.39 Å². The van der Waals surface area contributed by atoms with Gasteiger partial charge in [-0.3, -0.25) is 9.59 Å². The first-order valence-corrected chi connectivity index (χ1v) is 7.52. The Kier molecular flexibility index (Phi) is 4.46. The van der Waals surface area contributed by atoms with Crippen LogP contribution in [-0.2, 0) is 13.0 Å². The van der Waals surface area contributed by atoms with E-state index in [1.165, 1.54) is 24.5 Å². The third-order valence-corrected chi connectivity index (χ3v) is 3.79. The van der Waals surface area contributed by atoms with E-state index in [0.29, 0.717) is 25.3 Å². The lowest BCUT2D eigenvalue weighted by atomic mass is 10.0. The molecule has 0 saturated carbocycles. The summed E-state index contributed by atoms with van der Waals surface area (Å²) in [5.74, 6) is -0.381. The van der Waals surface area contributed by atoms with E-state index in [9.17, 15) is 14.0 Å². The molecule has 2 aromatic rings. The predicted octanol–water partition coefficient (Wildman–Crippen LogP) is 2.54. The van der Waals surface area contributed by atoms with E-state index >= 15 is 0 Å². The lowest BCUT2D eigenvalue weighted by Gasteiger charge is -2.27. The number of fused-ring (bicyclic) bond motifs is 1. The maximum Gasteiger partial charge on any atom is 0.261 e. The van der Waals surface area contributed by atoms with Crippen molar-refractivity contribution in [1.82, 2.24) is 4.90 Å². The molecule has 0 fully saturated rings. The van der Waals surface area contributed by atoms with Crippen molar-refractivity contribution in [2.75, 3.05) is 13.2 Å². The highest BCUT2D eigenvalue weighted by molar-refractivity contribution is 5.96. The van der Waals surface area contributed by atoms with Gasteiger partial charge in [-0.25, -0.2) is 4.39 Å². The summed E-state index contributed by atoms with van der Waals surface area (Å²) in [4.78, 5) is 26.7. The van der Waals surface area contributed by atoms with Gasteiger partial charge in [-0.05, 0) is 17.7 Å². The van der Waals surface area contributed by atoms with Crippen LogP contribution in [-0.4, -0.2) is 24.0 Å². The summed E-state index contributed by atoms with van der Waals surface area (Å²) in [6, 6.07) is 5.91. The maximum absolute atomic E-state index is 13.0. The molecule has 5 nitrogen and oxygen atoms in total. The minimum atomic E-state index is -0.480. The van der Waals surface area contributed by atoms with Gasteiger partial charge >= 0.3 is 0 Å². The highest BCUT2D eigenvalue weighted by atomic mass is 19.1. The molecule has 2 heterocycles. The highest BCUT2D eigenvalue weighted by Gasteiger charge is 2.30. The lowest BCUT2D eigenvalue weighted by Crippen LogP contribution is -2.40. The second-order valence-electron chi connectivity index (χ2n) is 5.43. The lowest BCUT2D eigenvalue weighted by molar-refractivity contribution is 0.0712. The van der Waals surface area contributed by atoms with Crippen molar-refractivity contribution in [3.63, 3.8) is 0 Å². The topological polar surface area (TPSA) is 59.8 Å². The van der Waals surface area contributed by atoms with Gasteiger partial charge in [0.25, 0.3) is 5.91 Å². The molecule has 6 heteroatoms. The third kappa shape index (κ3) is 3.08. The van der Waals surface area contributed by atoms with Crippen molar-refractivity contribution in [1.29, 1.82) is 0 Å². The van der Waals surface area contributed by atoms with E-state index in [0.717, 1.165) is 5.56 Å². The van der Waals surface area contributed by atoms with Gasteiger partial charge in [0.2, 0.25) is 11.2 Å². The van der Waals surface area contributed by atoms with Gasteiger partial charge < -0.3 is 14.1 Å². The molecule has 0 radical (unpaired) electrons. The summed E-state index contributed by atoms with van der Waals surface area (Å²) in [5.41, 5.74) is 0.313. The second kappa shape index (κ2) is 6.70.